The number of benzene rings is 1. The van der Waals surface area contributed by atoms with Gasteiger partial charge in [-0.2, -0.15) is 4.98 Å². The van der Waals surface area contributed by atoms with Gasteiger partial charge in [-0.05, 0) is 25.5 Å². The summed E-state index contributed by atoms with van der Waals surface area (Å²) in [6.45, 7) is 4.01. The van der Waals surface area contributed by atoms with Crippen LogP contribution in [0.25, 0.3) is 16.5 Å². The van der Waals surface area contributed by atoms with Crippen molar-refractivity contribution in [2.45, 2.75) is 20.3 Å². The fraction of sp³-hybridized carbons (Fsp3) is 0.222. The monoisotopic (exact) mass is 296 g/mol. The van der Waals surface area contributed by atoms with Crippen molar-refractivity contribution < 1.29 is 9.84 Å². The van der Waals surface area contributed by atoms with Gasteiger partial charge in [0.05, 0.1) is 12.5 Å². The summed E-state index contributed by atoms with van der Waals surface area (Å²) in [6, 6.07) is 5.18. The second-order valence-electron chi connectivity index (χ2n) is 4.69. The number of hydrogen-bond donors (Lipinski definition) is 1. The molecule has 1 aromatic heterocycles. The van der Waals surface area contributed by atoms with E-state index < -0.39 is 0 Å². The van der Waals surface area contributed by atoms with E-state index >= 15 is 0 Å². The number of ether oxygens (including phenoxy) is 1. The second kappa shape index (κ2) is 7.41. The summed E-state index contributed by atoms with van der Waals surface area (Å²) in [6.07, 6.45) is 10.8. The molecule has 0 atom stereocenters. The Kier molecular flexibility index (Phi) is 5.31. The third-order valence-corrected chi connectivity index (χ3v) is 3.12. The first kappa shape index (κ1) is 15.8. The van der Waals surface area contributed by atoms with Crippen LogP contribution in [0.1, 0.15) is 26.1 Å². The van der Waals surface area contributed by atoms with E-state index in [-0.39, 0.29) is 5.75 Å². The molecule has 0 fully saturated rings. The van der Waals surface area contributed by atoms with Gasteiger partial charge in [0.2, 0.25) is 5.88 Å². The van der Waals surface area contributed by atoms with Gasteiger partial charge in [-0.25, -0.2) is 4.98 Å². The molecule has 22 heavy (non-hydrogen) atoms. The molecule has 2 aromatic rings. The fourth-order valence-corrected chi connectivity index (χ4v) is 2.09. The highest BCUT2D eigenvalue weighted by Crippen LogP contribution is 2.30. The SMILES string of the molecule is C\C=C/C(=C\C=C\CC)c1nc(OC)c2cccc(O)c2n1. The number of phenolic OH excluding ortho intramolecular Hbond substituents is 1. The Morgan fingerprint density at radius 1 is 1.32 bits per heavy atom. The maximum Gasteiger partial charge on any atom is 0.224 e. The lowest BCUT2D eigenvalue weighted by Gasteiger charge is -2.08. The van der Waals surface area contributed by atoms with Crippen molar-refractivity contribution in [2.24, 2.45) is 0 Å². The first-order valence-electron chi connectivity index (χ1n) is 7.24. The number of para-hydroxylation sites is 1. The molecule has 0 saturated heterocycles. The van der Waals surface area contributed by atoms with Crippen LogP contribution in [0.2, 0.25) is 0 Å². The van der Waals surface area contributed by atoms with E-state index in [0.717, 1.165) is 12.0 Å². The third kappa shape index (κ3) is 3.34. The molecule has 0 aliphatic carbocycles. The van der Waals surface area contributed by atoms with Crippen LogP contribution in [-0.4, -0.2) is 22.2 Å². The van der Waals surface area contributed by atoms with E-state index in [1.165, 1.54) is 0 Å². The van der Waals surface area contributed by atoms with Gasteiger partial charge in [0, 0.05) is 5.57 Å². The minimum absolute atomic E-state index is 0.114. The number of aromatic nitrogens is 2. The number of methoxy groups -OCH3 is 1. The topological polar surface area (TPSA) is 55.2 Å². The Balaban J connectivity index is 2.65. The van der Waals surface area contributed by atoms with Crippen LogP contribution in [0.5, 0.6) is 11.6 Å². The van der Waals surface area contributed by atoms with Gasteiger partial charge in [0.1, 0.15) is 11.3 Å². The minimum atomic E-state index is 0.114. The molecule has 0 bridgehead atoms. The van der Waals surface area contributed by atoms with Crippen molar-refractivity contribution in [1.82, 2.24) is 9.97 Å². The Morgan fingerprint density at radius 3 is 2.82 bits per heavy atom. The molecule has 0 radical (unpaired) electrons. The Hall–Kier alpha value is -2.62. The Morgan fingerprint density at radius 2 is 2.14 bits per heavy atom. The second-order valence-corrected chi connectivity index (χ2v) is 4.69. The summed E-state index contributed by atoms with van der Waals surface area (Å²) >= 11 is 0. The zero-order valence-electron chi connectivity index (χ0n) is 13.1. The number of hydrogen-bond acceptors (Lipinski definition) is 4. The maximum atomic E-state index is 10.0. The quantitative estimate of drug-likeness (QED) is 0.837. The normalized spacial score (nSPS) is 12.6. The van der Waals surface area contributed by atoms with Crippen LogP contribution in [0, 0.1) is 0 Å². The van der Waals surface area contributed by atoms with Crippen molar-refractivity contribution in [3.8, 4) is 11.6 Å². The molecule has 1 heterocycles. The van der Waals surface area contributed by atoms with E-state index in [4.69, 9.17) is 4.74 Å². The van der Waals surface area contributed by atoms with Crippen molar-refractivity contribution in [1.29, 1.82) is 0 Å². The van der Waals surface area contributed by atoms with Gasteiger partial charge in [-0.15, -0.1) is 0 Å². The summed E-state index contributed by atoms with van der Waals surface area (Å²) in [5.41, 5.74) is 1.34. The number of nitrogens with zero attached hydrogens (tertiary/aromatic N) is 2. The first-order chi connectivity index (χ1) is 10.7. The van der Waals surface area contributed by atoms with E-state index in [1.807, 2.05) is 37.3 Å². The average Bonchev–Trinajstić information content (AvgIpc) is 2.54. The lowest BCUT2D eigenvalue weighted by atomic mass is 10.1. The van der Waals surface area contributed by atoms with Crippen LogP contribution >= 0.6 is 0 Å². The first-order valence-corrected chi connectivity index (χ1v) is 7.24. The average molecular weight is 296 g/mol. The molecule has 0 spiro atoms. The van der Waals surface area contributed by atoms with Gasteiger partial charge >= 0.3 is 0 Å². The number of rotatable bonds is 5. The van der Waals surface area contributed by atoms with Crippen LogP contribution in [0.15, 0.2) is 48.6 Å². The minimum Gasteiger partial charge on any atom is -0.506 e. The van der Waals surface area contributed by atoms with Crippen molar-refractivity contribution in [2.75, 3.05) is 7.11 Å². The molecular weight excluding hydrogens is 276 g/mol. The highest BCUT2D eigenvalue weighted by molar-refractivity contribution is 5.89. The summed E-state index contributed by atoms with van der Waals surface area (Å²) in [4.78, 5) is 8.95. The smallest absolute Gasteiger partial charge is 0.224 e. The number of allylic oxidation sites excluding steroid dienone is 6. The lowest BCUT2D eigenvalue weighted by Crippen LogP contribution is -1.98. The van der Waals surface area contributed by atoms with Gasteiger partial charge in [0.25, 0.3) is 0 Å². The number of aromatic hydroxyl groups is 1. The molecule has 0 unspecified atom stereocenters. The largest absolute Gasteiger partial charge is 0.506 e. The highest BCUT2D eigenvalue weighted by Gasteiger charge is 2.12. The predicted octanol–water partition coefficient (Wildman–Crippen LogP) is 4.27. The van der Waals surface area contributed by atoms with Crippen LogP contribution in [0.3, 0.4) is 0 Å². The van der Waals surface area contributed by atoms with E-state index in [9.17, 15) is 5.11 Å². The zero-order valence-corrected chi connectivity index (χ0v) is 13.1. The molecule has 0 aliphatic heterocycles. The van der Waals surface area contributed by atoms with Crippen LogP contribution in [0.4, 0.5) is 0 Å². The summed E-state index contributed by atoms with van der Waals surface area (Å²) in [7, 11) is 1.56. The molecule has 1 N–H and O–H groups in total. The summed E-state index contributed by atoms with van der Waals surface area (Å²) in [5, 5.41) is 10.7. The zero-order chi connectivity index (χ0) is 15.9. The Bertz CT molecular complexity index is 746. The number of fused-ring (bicyclic) bond motifs is 1. The fourth-order valence-electron chi connectivity index (χ4n) is 2.09. The van der Waals surface area contributed by atoms with Crippen molar-refractivity contribution >= 4 is 16.5 Å². The molecule has 0 saturated carbocycles. The van der Waals surface area contributed by atoms with E-state index in [0.29, 0.717) is 22.6 Å². The highest BCUT2D eigenvalue weighted by atomic mass is 16.5. The molecule has 0 amide bonds. The van der Waals surface area contributed by atoms with E-state index in [1.54, 1.807) is 19.2 Å². The molecule has 1 aromatic carbocycles. The van der Waals surface area contributed by atoms with E-state index in [2.05, 4.69) is 23.0 Å². The molecular formula is C18H20N2O2. The van der Waals surface area contributed by atoms with Crippen molar-refractivity contribution in [3.63, 3.8) is 0 Å². The summed E-state index contributed by atoms with van der Waals surface area (Å²) < 4.78 is 5.35. The van der Waals surface area contributed by atoms with Gasteiger partial charge in [-0.1, -0.05) is 43.4 Å². The third-order valence-electron chi connectivity index (χ3n) is 3.12. The molecule has 0 aliphatic rings. The van der Waals surface area contributed by atoms with Crippen molar-refractivity contribution in [3.05, 3.63) is 54.4 Å². The summed E-state index contributed by atoms with van der Waals surface area (Å²) in [5.74, 6) is 1.08. The van der Waals surface area contributed by atoms with Gasteiger partial charge in [0.15, 0.2) is 5.82 Å². The molecule has 2 rings (SSSR count). The molecule has 114 valence electrons. The Labute approximate surface area is 130 Å². The van der Waals surface area contributed by atoms with Crippen LogP contribution < -0.4 is 4.74 Å². The molecule has 4 nitrogen and oxygen atoms in total. The maximum absolute atomic E-state index is 10.0. The van der Waals surface area contributed by atoms with Gasteiger partial charge in [-0.3, -0.25) is 0 Å². The molecule has 4 heteroatoms. The van der Waals surface area contributed by atoms with Gasteiger partial charge < -0.3 is 9.84 Å². The standard InChI is InChI=1S/C18H20N2O2/c1-4-6-7-10-13(9-5-2)17-19-16-14(18(20-17)22-3)11-8-12-15(16)21/h5-12,21H,4H2,1-3H3/b7-6+,9-5-,13-10+. The number of phenols is 1. The predicted molar refractivity (Wildman–Crippen MR) is 90.0 cm³/mol. The van der Waals surface area contributed by atoms with Crippen LogP contribution in [-0.2, 0) is 0 Å². The lowest BCUT2D eigenvalue weighted by molar-refractivity contribution is 0.401.